The van der Waals surface area contributed by atoms with E-state index in [0.29, 0.717) is 16.7 Å². The predicted octanol–water partition coefficient (Wildman–Crippen LogP) is 6.48. The number of nitrogens with zero attached hydrogens (tertiary/aromatic N) is 2. The summed E-state index contributed by atoms with van der Waals surface area (Å²) in [6.45, 7) is 2.67. The van der Waals surface area contributed by atoms with Gasteiger partial charge in [0.15, 0.2) is 5.11 Å². The molecule has 34 heavy (non-hydrogen) atoms. The van der Waals surface area contributed by atoms with E-state index in [1.165, 1.54) is 0 Å². The first-order chi connectivity index (χ1) is 16.5. The molecule has 1 aliphatic heterocycles. The molecule has 1 fully saturated rings. The molecule has 3 heterocycles. The van der Waals surface area contributed by atoms with Crippen LogP contribution >= 0.6 is 23.8 Å². The highest BCUT2D eigenvalue weighted by Gasteiger charge is 2.41. The third-order valence-electron chi connectivity index (χ3n) is 6.09. The smallest absolute Gasteiger partial charge is 0.170 e. The third kappa shape index (κ3) is 4.39. The van der Waals surface area contributed by atoms with E-state index in [0.717, 1.165) is 39.7 Å². The topological polar surface area (TPSA) is 50.5 Å². The van der Waals surface area contributed by atoms with Crippen LogP contribution in [-0.4, -0.2) is 22.1 Å². The molecule has 2 aromatic carbocycles. The fraction of sp³-hybridized carbons (Fsp3) is 0.185. The molecule has 0 radical (unpaired) electrons. The molecule has 0 amide bonds. The van der Waals surface area contributed by atoms with Gasteiger partial charge in [0.05, 0.1) is 18.8 Å². The Labute approximate surface area is 209 Å². The molecular weight excluding hydrogens is 466 g/mol. The lowest BCUT2D eigenvalue weighted by Gasteiger charge is -2.26. The maximum atomic E-state index is 6.45. The molecule has 1 N–H and O–H groups in total. The molecule has 0 bridgehead atoms. The van der Waals surface area contributed by atoms with E-state index in [-0.39, 0.29) is 12.1 Å². The minimum Gasteiger partial charge on any atom is -0.497 e. The second-order valence-corrected chi connectivity index (χ2v) is 9.09. The molecule has 2 aromatic heterocycles. The van der Waals surface area contributed by atoms with Crippen LogP contribution in [0.15, 0.2) is 83.4 Å². The minimum atomic E-state index is -0.169. The maximum Gasteiger partial charge on any atom is 0.170 e. The first-order valence-electron chi connectivity index (χ1n) is 11.0. The monoisotopic (exact) mass is 489 g/mol. The van der Waals surface area contributed by atoms with Crippen molar-refractivity contribution in [3.63, 3.8) is 0 Å². The van der Waals surface area contributed by atoms with Crippen molar-refractivity contribution < 1.29 is 9.15 Å². The summed E-state index contributed by atoms with van der Waals surface area (Å²) in [6.07, 6.45) is 1.80. The van der Waals surface area contributed by atoms with Crippen LogP contribution in [0.3, 0.4) is 0 Å². The molecule has 0 spiro atoms. The lowest BCUT2D eigenvalue weighted by Crippen LogP contribution is -2.29. The van der Waals surface area contributed by atoms with Crippen LogP contribution in [0.25, 0.3) is 11.3 Å². The molecule has 5 nitrogen and oxygen atoms in total. The average Bonchev–Trinajstić information content (AvgIpc) is 3.46. The number of hydrogen-bond donors (Lipinski definition) is 1. The van der Waals surface area contributed by atoms with Crippen molar-refractivity contribution in [2.24, 2.45) is 0 Å². The normalized spacial score (nSPS) is 17.6. The van der Waals surface area contributed by atoms with Gasteiger partial charge in [-0.3, -0.25) is 4.98 Å². The molecule has 2 atom stereocenters. The molecule has 172 valence electrons. The summed E-state index contributed by atoms with van der Waals surface area (Å²) >= 11 is 12.0. The van der Waals surface area contributed by atoms with Crippen molar-refractivity contribution in [1.82, 2.24) is 15.2 Å². The molecule has 0 unspecified atom stereocenters. The van der Waals surface area contributed by atoms with Crippen LogP contribution in [0.1, 0.15) is 34.7 Å². The Balaban J connectivity index is 1.53. The molecular formula is C27H24ClN3O2S. The molecule has 0 aliphatic carbocycles. The molecule has 4 aromatic rings. The first-order valence-corrected chi connectivity index (χ1v) is 11.8. The molecule has 1 saturated heterocycles. The van der Waals surface area contributed by atoms with E-state index < -0.39 is 0 Å². The third-order valence-corrected chi connectivity index (χ3v) is 6.68. The SMILES string of the molecule is COc1ccc(CN2C(=S)N[C@H](c3ccccn3)[C@H]2c2ccc(-c3cc(Cl)ccc3C)o2)cc1. The number of halogens is 1. The van der Waals surface area contributed by atoms with Crippen LogP contribution in [0, 0.1) is 6.92 Å². The van der Waals surface area contributed by atoms with Gasteiger partial charge in [-0.25, -0.2) is 0 Å². The zero-order valence-corrected chi connectivity index (χ0v) is 20.4. The quantitative estimate of drug-likeness (QED) is 0.312. The summed E-state index contributed by atoms with van der Waals surface area (Å²) in [5, 5.41) is 4.81. The van der Waals surface area contributed by atoms with Gasteiger partial charge in [0.25, 0.3) is 0 Å². The standard InChI is InChI=1S/C27H24ClN3O2S/c1-17-6-9-19(28)15-21(17)23-12-13-24(33-23)26-25(22-5-3-4-14-29-22)30-27(34)31(26)16-18-7-10-20(32-2)11-8-18/h3-15,25-26H,16H2,1-2H3,(H,30,34)/t25-,26-/m1/s1. The number of aryl methyl sites for hydroxylation is 1. The maximum absolute atomic E-state index is 6.45. The molecule has 7 heteroatoms. The average molecular weight is 490 g/mol. The number of rotatable bonds is 6. The molecule has 5 rings (SSSR count). The van der Waals surface area contributed by atoms with E-state index in [9.17, 15) is 0 Å². The van der Waals surface area contributed by atoms with Gasteiger partial charge in [-0.2, -0.15) is 0 Å². The van der Waals surface area contributed by atoms with Crippen LogP contribution < -0.4 is 10.1 Å². The van der Waals surface area contributed by atoms with Crippen LogP contribution in [0.2, 0.25) is 5.02 Å². The Morgan fingerprint density at radius 1 is 1.09 bits per heavy atom. The summed E-state index contributed by atoms with van der Waals surface area (Å²) in [5.74, 6) is 2.41. The highest BCUT2D eigenvalue weighted by Crippen LogP contribution is 2.41. The number of furan rings is 1. The summed E-state index contributed by atoms with van der Waals surface area (Å²) < 4.78 is 11.8. The van der Waals surface area contributed by atoms with Crippen molar-refractivity contribution >= 4 is 28.9 Å². The van der Waals surface area contributed by atoms with Crippen molar-refractivity contribution in [3.05, 3.63) is 107 Å². The Morgan fingerprint density at radius 2 is 1.91 bits per heavy atom. The number of benzene rings is 2. The Bertz CT molecular complexity index is 1310. The number of ether oxygens (including phenoxy) is 1. The number of hydrogen-bond acceptors (Lipinski definition) is 4. The van der Waals surface area contributed by atoms with Gasteiger partial charge in [0.2, 0.25) is 0 Å². The summed E-state index contributed by atoms with van der Waals surface area (Å²) in [7, 11) is 1.66. The van der Waals surface area contributed by atoms with Gasteiger partial charge in [-0.05, 0) is 78.8 Å². The van der Waals surface area contributed by atoms with E-state index in [1.807, 2.05) is 67.6 Å². The second kappa shape index (κ2) is 9.49. The second-order valence-electron chi connectivity index (χ2n) is 8.26. The van der Waals surface area contributed by atoms with Gasteiger partial charge >= 0.3 is 0 Å². The fourth-order valence-electron chi connectivity index (χ4n) is 4.33. The fourth-order valence-corrected chi connectivity index (χ4v) is 4.81. The van der Waals surface area contributed by atoms with Crippen LogP contribution in [0.5, 0.6) is 5.75 Å². The summed E-state index contributed by atoms with van der Waals surface area (Å²) in [5.41, 5.74) is 4.10. The highest BCUT2D eigenvalue weighted by atomic mass is 35.5. The van der Waals surface area contributed by atoms with E-state index >= 15 is 0 Å². The number of nitrogens with one attached hydrogen (secondary N) is 1. The predicted molar refractivity (Wildman–Crippen MR) is 138 cm³/mol. The molecule has 1 aliphatic rings. The van der Waals surface area contributed by atoms with Crippen molar-refractivity contribution in [1.29, 1.82) is 0 Å². The summed E-state index contributed by atoms with van der Waals surface area (Å²) in [6, 6.07) is 23.4. The van der Waals surface area contributed by atoms with E-state index in [2.05, 4.69) is 27.3 Å². The Hall–Kier alpha value is -3.35. The minimum absolute atomic E-state index is 0.147. The highest BCUT2D eigenvalue weighted by molar-refractivity contribution is 7.80. The number of pyridine rings is 1. The lowest BCUT2D eigenvalue weighted by molar-refractivity contribution is 0.269. The van der Waals surface area contributed by atoms with E-state index in [4.69, 9.17) is 33.0 Å². The molecule has 0 saturated carbocycles. The largest absolute Gasteiger partial charge is 0.497 e. The Morgan fingerprint density at radius 3 is 2.65 bits per heavy atom. The summed E-state index contributed by atoms with van der Waals surface area (Å²) in [4.78, 5) is 6.76. The first kappa shape index (κ1) is 22.4. The number of methoxy groups -OCH3 is 1. The number of aromatic nitrogens is 1. The number of thiocarbonyl (C=S) groups is 1. The van der Waals surface area contributed by atoms with Gasteiger partial charge in [-0.15, -0.1) is 0 Å². The lowest BCUT2D eigenvalue weighted by atomic mass is 10.0. The van der Waals surface area contributed by atoms with Crippen molar-refractivity contribution in [2.75, 3.05) is 7.11 Å². The van der Waals surface area contributed by atoms with Crippen LogP contribution in [-0.2, 0) is 6.54 Å². The Kier molecular flexibility index (Phi) is 6.26. The van der Waals surface area contributed by atoms with E-state index in [1.54, 1.807) is 13.3 Å². The van der Waals surface area contributed by atoms with Gasteiger partial charge < -0.3 is 19.4 Å². The van der Waals surface area contributed by atoms with Crippen molar-refractivity contribution in [2.45, 2.75) is 25.6 Å². The van der Waals surface area contributed by atoms with Crippen LogP contribution in [0.4, 0.5) is 0 Å². The zero-order chi connectivity index (χ0) is 23.7. The zero-order valence-electron chi connectivity index (χ0n) is 18.9. The van der Waals surface area contributed by atoms with Gasteiger partial charge in [0.1, 0.15) is 23.3 Å². The van der Waals surface area contributed by atoms with Gasteiger partial charge in [-0.1, -0.05) is 35.9 Å². The van der Waals surface area contributed by atoms with Crippen molar-refractivity contribution in [3.8, 4) is 17.1 Å². The van der Waals surface area contributed by atoms with Gasteiger partial charge in [0, 0.05) is 23.3 Å².